The lowest BCUT2D eigenvalue weighted by molar-refractivity contribution is 0.127. The summed E-state index contributed by atoms with van der Waals surface area (Å²) in [6, 6.07) is 2.01. The maximum absolute atomic E-state index is 5.22. The van der Waals surface area contributed by atoms with E-state index in [2.05, 4.69) is 21.5 Å². The lowest BCUT2D eigenvalue weighted by Crippen LogP contribution is -2.45. The van der Waals surface area contributed by atoms with Crippen LogP contribution in [0.15, 0.2) is 23.2 Å². The van der Waals surface area contributed by atoms with Crippen molar-refractivity contribution >= 4 is 0 Å². The molecule has 0 spiro atoms. The highest BCUT2D eigenvalue weighted by molar-refractivity contribution is 5.03. The second-order valence-electron chi connectivity index (χ2n) is 4.30. The molecule has 1 aliphatic rings. The summed E-state index contributed by atoms with van der Waals surface area (Å²) in [4.78, 5) is 4.81. The zero-order valence-electron chi connectivity index (χ0n) is 9.85. The van der Waals surface area contributed by atoms with E-state index in [-0.39, 0.29) is 0 Å². The van der Waals surface area contributed by atoms with Crippen molar-refractivity contribution in [2.24, 2.45) is 0 Å². The minimum Gasteiger partial charge on any atom is -0.360 e. The Hall–Kier alpha value is -1.13. The van der Waals surface area contributed by atoms with E-state index in [9.17, 15) is 0 Å². The Labute approximate surface area is 96.5 Å². The summed E-state index contributed by atoms with van der Waals surface area (Å²) in [5, 5.41) is 3.90. The first-order valence-corrected chi connectivity index (χ1v) is 5.76. The van der Waals surface area contributed by atoms with Gasteiger partial charge in [-0.2, -0.15) is 0 Å². The highest BCUT2D eigenvalue weighted by atomic mass is 16.5. The van der Waals surface area contributed by atoms with E-state index in [1.54, 1.807) is 0 Å². The summed E-state index contributed by atoms with van der Waals surface area (Å²) in [6.07, 6.45) is 1.97. The first kappa shape index (κ1) is 11.4. The molecule has 0 radical (unpaired) electrons. The van der Waals surface area contributed by atoms with Gasteiger partial charge in [-0.1, -0.05) is 11.2 Å². The van der Waals surface area contributed by atoms with Gasteiger partial charge in [0, 0.05) is 38.8 Å². The second-order valence-corrected chi connectivity index (χ2v) is 4.30. The number of hydrogen-bond donors (Lipinski definition) is 0. The highest BCUT2D eigenvalue weighted by Gasteiger charge is 2.17. The molecule has 0 aliphatic carbocycles. The van der Waals surface area contributed by atoms with Gasteiger partial charge in [-0.3, -0.25) is 9.80 Å². The molecule has 4 nitrogen and oxygen atoms in total. The molecule has 1 aliphatic heterocycles. The van der Waals surface area contributed by atoms with E-state index in [0.717, 1.165) is 50.7 Å². The fraction of sp³-hybridized carbons (Fsp3) is 0.583. The molecule has 0 bridgehead atoms. The predicted molar refractivity (Wildman–Crippen MR) is 63.2 cm³/mol. The summed E-state index contributed by atoms with van der Waals surface area (Å²) >= 11 is 0. The second kappa shape index (κ2) is 5.27. The molecule has 2 rings (SSSR count). The smallest absolute Gasteiger partial charge is 0.150 e. The van der Waals surface area contributed by atoms with Crippen LogP contribution in [-0.4, -0.2) is 47.7 Å². The molecule has 0 aromatic carbocycles. The van der Waals surface area contributed by atoms with Crippen LogP contribution in [-0.2, 0) is 6.54 Å². The standard InChI is InChI=1S/C12H19N3O/c1-3-4-14-5-7-15(8-6-14)10-12-9-11(2)13-16-12/h3,9H,1,4-8,10H2,2H3. The molecule has 0 amide bonds. The molecule has 1 saturated heterocycles. The molecular formula is C12H19N3O. The lowest BCUT2D eigenvalue weighted by atomic mass is 10.3. The number of nitrogens with zero attached hydrogens (tertiary/aromatic N) is 3. The quantitative estimate of drug-likeness (QED) is 0.717. The lowest BCUT2D eigenvalue weighted by Gasteiger charge is -2.33. The van der Waals surface area contributed by atoms with Gasteiger partial charge in [0.15, 0.2) is 5.76 Å². The van der Waals surface area contributed by atoms with Gasteiger partial charge < -0.3 is 4.52 Å². The van der Waals surface area contributed by atoms with Crippen LogP contribution in [0.4, 0.5) is 0 Å². The van der Waals surface area contributed by atoms with Gasteiger partial charge in [-0.05, 0) is 6.92 Å². The van der Waals surface area contributed by atoms with Gasteiger partial charge in [0.2, 0.25) is 0 Å². The third-order valence-corrected chi connectivity index (χ3v) is 2.91. The average molecular weight is 221 g/mol. The molecular weight excluding hydrogens is 202 g/mol. The Kier molecular flexibility index (Phi) is 3.74. The molecule has 0 atom stereocenters. The molecule has 16 heavy (non-hydrogen) atoms. The normalized spacial score (nSPS) is 18.8. The van der Waals surface area contributed by atoms with E-state index < -0.39 is 0 Å². The van der Waals surface area contributed by atoms with Crippen molar-refractivity contribution in [3.05, 3.63) is 30.2 Å². The van der Waals surface area contributed by atoms with Crippen LogP contribution in [0, 0.1) is 6.92 Å². The molecule has 0 saturated carbocycles. The zero-order valence-corrected chi connectivity index (χ0v) is 9.85. The summed E-state index contributed by atoms with van der Waals surface area (Å²) < 4.78 is 5.22. The Balaban J connectivity index is 1.79. The SMILES string of the molecule is C=CCN1CCN(Cc2cc(C)no2)CC1. The van der Waals surface area contributed by atoms with Crippen molar-refractivity contribution in [1.29, 1.82) is 0 Å². The summed E-state index contributed by atoms with van der Waals surface area (Å²) in [6.45, 7) is 12.0. The van der Waals surface area contributed by atoms with Crippen LogP contribution in [0.5, 0.6) is 0 Å². The third kappa shape index (κ3) is 2.93. The van der Waals surface area contributed by atoms with Crippen molar-refractivity contribution in [2.75, 3.05) is 32.7 Å². The van der Waals surface area contributed by atoms with E-state index >= 15 is 0 Å². The highest BCUT2D eigenvalue weighted by Crippen LogP contribution is 2.09. The van der Waals surface area contributed by atoms with Crippen molar-refractivity contribution in [3.63, 3.8) is 0 Å². The van der Waals surface area contributed by atoms with Crippen molar-refractivity contribution in [3.8, 4) is 0 Å². The average Bonchev–Trinajstić information content (AvgIpc) is 2.67. The number of aryl methyl sites for hydroxylation is 1. The van der Waals surface area contributed by atoms with E-state index in [0.29, 0.717) is 0 Å². The molecule has 1 aromatic rings. The van der Waals surface area contributed by atoms with Gasteiger partial charge in [0.25, 0.3) is 0 Å². The minimum atomic E-state index is 0.878. The van der Waals surface area contributed by atoms with Gasteiger partial charge in [-0.25, -0.2) is 0 Å². The Morgan fingerprint density at radius 3 is 2.62 bits per heavy atom. The Bertz CT molecular complexity index is 340. The molecule has 1 fully saturated rings. The summed E-state index contributed by atoms with van der Waals surface area (Å²) in [5.74, 6) is 0.967. The molecule has 2 heterocycles. The Morgan fingerprint density at radius 1 is 1.38 bits per heavy atom. The largest absolute Gasteiger partial charge is 0.360 e. The van der Waals surface area contributed by atoms with Crippen molar-refractivity contribution in [1.82, 2.24) is 15.0 Å². The number of piperazine rings is 1. The summed E-state index contributed by atoms with van der Waals surface area (Å²) in [5.41, 5.74) is 0.959. The minimum absolute atomic E-state index is 0.878. The van der Waals surface area contributed by atoms with Gasteiger partial charge in [0.05, 0.1) is 12.2 Å². The van der Waals surface area contributed by atoms with E-state index in [1.807, 2.05) is 19.1 Å². The van der Waals surface area contributed by atoms with Crippen LogP contribution in [0.1, 0.15) is 11.5 Å². The number of hydrogen-bond acceptors (Lipinski definition) is 4. The topological polar surface area (TPSA) is 32.5 Å². The van der Waals surface area contributed by atoms with Crippen molar-refractivity contribution < 1.29 is 4.52 Å². The molecule has 0 unspecified atom stereocenters. The molecule has 88 valence electrons. The monoisotopic (exact) mass is 221 g/mol. The fourth-order valence-electron chi connectivity index (χ4n) is 2.02. The van der Waals surface area contributed by atoms with Crippen molar-refractivity contribution in [2.45, 2.75) is 13.5 Å². The van der Waals surface area contributed by atoms with Gasteiger partial charge in [0.1, 0.15) is 0 Å². The number of rotatable bonds is 4. The molecule has 1 aromatic heterocycles. The van der Waals surface area contributed by atoms with E-state index in [4.69, 9.17) is 4.52 Å². The molecule has 0 N–H and O–H groups in total. The van der Waals surface area contributed by atoms with Crippen LogP contribution in [0.25, 0.3) is 0 Å². The van der Waals surface area contributed by atoms with Crippen LogP contribution in [0.2, 0.25) is 0 Å². The van der Waals surface area contributed by atoms with E-state index in [1.165, 1.54) is 0 Å². The van der Waals surface area contributed by atoms with Crippen LogP contribution >= 0.6 is 0 Å². The van der Waals surface area contributed by atoms with Gasteiger partial charge in [-0.15, -0.1) is 6.58 Å². The summed E-state index contributed by atoms with van der Waals surface area (Å²) in [7, 11) is 0. The van der Waals surface area contributed by atoms with Crippen LogP contribution in [0.3, 0.4) is 0 Å². The maximum Gasteiger partial charge on any atom is 0.150 e. The Morgan fingerprint density at radius 2 is 2.06 bits per heavy atom. The molecule has 4 heteroatoms. The fourth-order valence-corrected chi connectivity index (χ4v) is 2.02. The third-order valence-electron chi connectivity index (χ3n) is 2.91. The first-order valence-electron chi connectivity index (χ1n) is 5.76. The zero-order chi connectivity index (χ0) is 11.4. The predicted octanol–water partition coefficient (Wildman–Crippen LogP) is 1.29. The van der Waals surface area contributed by atoms with Gasteiger partial charge >= 0.3 is 0 Å². The van der Waals surface area contributed by atoms with Crippen LogP contribution < -0.4 is 0 Å². The number of aromatic nitrogens is 1. The maximum atomic E-state index is 5.22. The first-order chi connectivity index (χ1) is 7.78.